The number of rotatable bonds is 6. The lowest BCUT2D eigenvalue weighted by Gasteiger charge is -2.26. The highest BCUT2D eigenvalue weighted by Gasteiger charge is 2.50. The first-order valence-electron chi connectivity index (χ1n) is 9.73. The van der Waals surface area contributed by atoms with Crippen LogP contribution in [-0.4, -0.2) is 18.4 Å². The lowest BCUT2D eigenvalue weighted by atomic mass is 9.75. The molecule has 3 nitrogen and oxygen atoms in total. The first kappa shape index (κ1) is 17.7. The van der Waals surface area contributed by atoms with E-state index in [2.05, 4.69) is 0 Å². The summed E-state index contributed by atoms with van der Waals surface area (Å²) < 4.78 is 5.34. The van der Waals surface area contributed by atoms with Crippen molar-refractivity contribution in [3.63, 3.8) is 0 Å². The predicted octanol–water partition coefficient (Wildman–Crippen LogP) is 4.80. The van der Waals surface area contributed by atoms with E-state index in [0.717, 1.165) is 18.4 Å². The molecule has 0 aliphatic heterocycles. The Bertz CT molecular complexity index is 850. The third-order valence-electron chi connectivity index (χ3n) is 5.68. The van der Waals surface area contributed by atoms with Crippen molar-refractivity contribution in [1.82, 2.24) is 0 Å². The molecule has 2 aromatic rings. The van der Waals surface area contributed by atoms with Crippen LogP contribution >= 0.6 is 0 Å². The Morgan fingerprint density at radius 2 is 1.59 bits per heavy atom. The van der Waals surface area contributed by atoms with Gasteiger partial charge in [0.2, 0.25) is 0 Å². The molecule has 2 aromatic carbocycles. The molecule has 3 atom stereocenters. The fourth-order valence-electron chi connectivity index (χ4n) is 4.32. The number of hydrogen-bond acceptors (Lipinski definition) is 3. The Labute approximate surface area is 160 Å². The molecule has 0 N–H and O–H groups in total. The summed E-state index contributed by atoms with van der Waals surface area (Å²) in [5.41, 5.74) is 2.37. The predicted molar refractivity (Wildman–Crippen MR) is 104 cm³/mol. The molecule has 0 heterocycles. The summed E-state index contributed by atoms with van der Waals surface area (Å²) in [5, 5.41) is 0. The molecule has 2 aliphatic rings. The number of esters is 1. The molecule has 1 saturated carbocycles. The van der Waals surface area contributed by atoms with Gasteiger partial charge in [-0.05, 0) is 37.2 Å². The van der Waals surface area contributed by atoms with Crippen molar-refractivity contribution in [2.75, 3.05) is 6.61 Å². The molecular weight excluding hydrogens is 336 g/mol. The van der Waals surface area contributed by atoms with Crippen LogP contribution in [0.1, 0.15) is 41.6 Å². The van der Waals surface area contributed by atoms with Gasteiger partial charge in [0.15, 0.2) is 5.78 Å². The molecule has 0 radical (unpaired) electrons. The topological polar surface area (TPSA) is 43.4 Å². The number of ether oxygens (including phenoxy) is 1. The Morgan fingerprint density at radius 3 is 2.19 bits per heavy atom. The zero-order valence-corrected chi connectivity index (χ0v) is 15.5. The third-order valence-corrected chi connectivity index (χ3v) is 5.68. The lowest BCUT2D eigenvalue weighted by Crippen LogP contribution is -2.28. The first-order valence-corrected chi connectivity index (χ1v) is 9.73. The molecule has 27 heavy (non-hydrogen) atoms. The zero-order valence-electron chi connectivity index (χ0n) is 15.5. The maximum atomic E-state index is 13.5. The molecular formula is C24H24O3. The smallest absolute Gasteiger partial charge is 0.334 e. The molecule has 138 valence electrons. The summed E-state index contributed by atoms with van der Waals surface area (Å²) in [6.07, 6.45) is 4.29. The second-order valence-corrected chi connectivity index (χ2v) is 7.40. The number of carbonyl (C=O) groups excluding carboxylic acids is 2. The lowest BCUT2D eigenvalue weighted by molar-refractivity contribution is -0.138. The summed E-state index contributed by atoms with van der Waals surface area (Å²) in [4.78, 5) is 26.2. The number of ketones is 1. The zero-order chi connectivity index (χ0) is 18.8. The number of Topliss-reactive ketones (excluding diaryl/α,β-unsaturated/α-hetero) is 1. The Morgan fingerprint density at radius 1 is 0.963 bits per heavy atom. The molecule has 0 aromatic heterocycles. The van der Waals surface area contributed by atoms with E-state index >= 15 is 0 Å². The molecule has 2 aliphatic carbocycles. The van der Waals surface area contributed by atoms with Gasteiger partial charge < -0.3 is 4.74 Å². The van der Waals surface area contributed by atoms with Gasteiger partial charge in [0.05, 0.1) is 6.61 Å². The van der Waals surface area contributed by atoms with Crippen LogP contribution in [0.4, 0.5) is 0 Å². The van der Waals surface area contributed by atoms with Crippen molar-refractivity contribution >= 4 is 11.8 Å². The SMILES string of the molecule is CCOC(=O)C1=C[C@@H](C2CC2)[C@H](C(=O)c2ccccc2)[C@H]1c1ccccc1. The van der Waals surface area contributed by atoms with Crippen LogP contribution in [-0.2, 0) is 9.53 Å². The molecule has 4 rings (SSSR count). The summed E-state index contributed by atoms with van der Waals surface area (Å²) in [6, 6.07) is 19.4. The van der Waals surface area contributed by atoms with E-state index in [1.807, 2.05) is 73.7 Å². The number of carbonyl (C=O) groups is 2. The molecule has 1 fully saturated rings. The fraction of sp³-hybridized carbons (Fsp3) is 0.333. The number of allylic oxidation sites excluding steroid dienone is 1. The van der Waals surface area contributed by atoms with Crippen molar-refractivity contribution < 1.29 is 14.3 Å². The van der Waals surface area contributed by atoms with E-state index in [9.17, 15) is 9.59 Å². The average molecular weight is 360 g/mol. The van der Waals surface area contributed by atoms with Crippen LogP contribution in [0.5, 0.6) is 0 Å². The minimum atomic E-state index is -0.291. The summed E-state index contributed by atoms with van der Waals surface area (Å²) in [5.74, 6) is -0.0781. The van der Waals surface area contributed by atoms with Gasteiger partial charge in [0.25, 0.3) is 0 Å². The van der Waals surface area contributed by atoms with Crippen molar-refractivity contribution in [1.29, 1.82) is 0 Å². The third kappa shape index (κ3) is 3.46. The van der Waals surface area contributed by atoms with Crippen molar-refractivity contribution in [2.45, 2.75) is 25.7 Å². The van der Waals surface area contributed by atoms with Crippen LogP contribution in [0.15, 0.2) is 72.3 Å². The average Bonchev–Trinajstić information content (AvgIpc) is 3.48. The Kier molecular flexibility index (Phi) is 4.93. The van der Waals surface area contributed by atoms with Gasteiger partial charge in [-0.15, -0.1) is 0 Å². The van der Waals surface area contributed by atoms with Crippen LogP contribution in [0.2, 0.25) is 0 Å². The highest BCUT2D eigenvalue weighted by Crippen LogP contribution is 2.53. The maximum absolute atomic E-state index is 13.5. The molecule has 3 heteroatoms. The van der Waals surface area contributed by atoms with Gasteiger partial charge in [-0.3, -0.25) is 4.79 Å². The standard InChI is InChI=1S/C24H24O3/c1-2-27-24(26)20-15-19(16-13-14-16)22(21(20)17-9-5-3-6-10-17)23(25)18-11-7-4-8-12-18/h3-12,15-16,19,21-22H,2,13-14H2,1H3/t19-,21-,22-/m0/s1. The van der Waals surface area contributed by atoms with E-state index in [0.29, 0.717) is 23.7 Å². The van der Waals surface area contributed by atoms with E-state index in [-0.39, 0.29) is 29.5 Å². The second-order valence-electron chi connectivity index (χ2n) is 7.40. The van der Waals surface area contributed by atoms with Crippen molar-refractivity contribution in [3.8, 4) is 0 Å². The van der Waals surface area contributed by atoms with E-state index < -0.39 is 0 Å². The quantitative estimate of drug-likeness (QED) is 0.549. The summed E-state index contributed by atoms with van der Waals surface area (Å²) in [7, 11) is 0. The minimum absolute atomic E-state index is 0.0994. The molecule has 0 spiro atoms. The van der Waals surface area contributed by atoms with Gasteiger partial charge >= 0.3 is 5.97 Å². The summed E-state index contributed by atoms with van der Waals surface area (Å²) in [6.45, 7) is 2.15. The van der Waals surface area contributed by atoms with Gasteiger partial charge in [0.1, 0.15) is 0 Å². The summed E-state index contributed by atoms with van der Waals surface area (Å²) >= 11 is 0. The van der Waals surface area contributed by atoms with E-state index in [4.69, 9.17) is 4.74 Å². The second kappa shape index (κ2) is 7.51. The maximum Gasteiger partial charge on any atom is 0.334 e. The molecule has 0 amide bonds. The van der Waals surface area contributed by atoms with Crippen LogP contribution in [0.3, 0.4) is 0 Å². The van der Waals surface area contributed by atoms with Gasteiger partial charge in [-0.25, -0.2) is 4.79 Å². The molecule has 0 bridgehead atoms. The van der Waals surface area contributed by atoms with Crippen LogP contribution in [0, 0.1) is 17.8 Å². The molecule has 0 unspecified atom stereocenters. The Balaban J connectivity index is 1.78. The first-order chi connectivity index (χ1) is 13.2. The van der Waals surface area contributed by atoms with Gasteiger partial charge in [-0.1, -0.05) is 66.7 Å². The Hall–Kier alpha value is -2.68. The highest BCUT2D eigenvalue weighted by atomic mass is 16.5. The van der Waals surface area contributed by atoms with E-state index in [1.54, 1.807) is 0 Å². The van der Waals surface area contributed by atoms with Gasteiger partial charge in [0, 0.05) is 23.0 Å². The normalized spacial score (nSPS) is 24.3. The monoisotopic (exact) mass is 360 g/mol. The van der Waals surface area contributed by atoms with Crippen LogP contribution in [0.25, 0.3) is 0 Å². The largest absolute Gasteiger partial charge is 0.463 e. The number of hydrogen-bond donors (Lipinski definition) is 0. The van der Waals surface area contributed by atoms with E-state index in [1.165, 1.54) is 0 Å². The van der Waals surface area contributed by atoms with Crippen molar-refractivity contribution in [3.05, 3.63) is 83.4 Å². The van der Waals surface area contributed by atoms with Crippen molar-refractivity contribution in [2.24, 2.45) is 17.8 Å². The molecule has 0 saturated heterocycles. The number of benzene rings is 2. The fourth-order valence-corrected chi connectivity index (χ4v) is 4.32. The van der Waals surface area contributed by atoms with Gasteiger partial charge in [-0.2, -0.15) is 0 Å². The van der Waals surface area contributed by atoms with Crippen LogP contribution < -0.4 is 0 Å². The highest BCUT2D eigenvalue weighted by molar-refractivity contribution is 6.02. The minimum Gasteiger partial charge on any atom is -0.463 e.